The molecule has 1 aromatic rings. The SMILES string of the molecule is CC(=O)OC(C)(C)c1ccco1. The maximum Gasteiger partial charge on any atom is 0.303 e. The Labute approximate surface area is 71.3 Å². The first-order valence-corrected chi connectivity index (χ1v) is 3.76. The van der Waals surface area contributed by atoms with Gasteiger partial charge in [-0.3, -0.25) is 4.79 Å². The molecule has 0 N–H and O–H groups in total. The van der Waals surface area contributed by atoms with Gasteiger partial charge in [-0.1, -0.05) is 0 Å². The molecule has 0 atom stereocenters. The largest absolute Gasteiger partial charge is 0.465 e. The number of furan rings is 1. The van der Waals surface area contributed by atoms with E-state index < -0.39 is 5.60 Å². The van der Waals surface area contributed by atoms with Crippen molar-refractivity contribution in [2.75, 3.05) is 0 Å². The van der Waals surface area contributed by atoms with Crippen LogP contribution >= 0.6 is 0 Å². The molecule has 0 aliphatic rings. The number of hydrogen-bond acceptors (Lipinski definition) is 3. The van der Waals surface area contributed by atoms with Crippen molar-refractivity contribution in [1.82, 2.24) is 0 Å². The molecule has 0 saturated heterocycles. The number of ether oxygens (including phenoxy) is 1. The molecule has 12 heavy (non-hydrogen) atoms. The van der Waals surface area contributed by atoms with E-state index in [1.165, 1.54) is 6.92 Å². The number of carbonyl (C=O) groups is 1. The second kappa shape index (κ2) is 3.01. The monoisotopic (exact) mass is 168 g/mol. The van der Waals surface area contributed by atoms with E-state index in [0.29, 0.717) is 5.76 Å². The summed E-state index contributed by atoms with van der Waals surface area (Å²) in [6, 6.07) is 3.55. The van der Waals surface area contributed by atoms with Crippen molar-refractivity contribution < 1.29 is 13.9 Å². The van der Waals surface area contributed by atoms with Gasteiger partial charge in [0.05, 0.1) is 6.26 Å². The number of carbonyl (C=O) groups excluding carboxylic acids is 1. The Hall–Kier alpha value is -1.25. The molecule has 1 rings (SSSR count). The Morgan fingerprint density at radius 1 is 1.58 bits per heavy atom. The summed E-state index contributed by atoms with van der Waals surface area (Å²) in [7, 11) is 0. The van der Waals surface area contributed by atoms with Crippen molar-refractivity contribution in [2.24, 2.45) is 0 Å². The third-order valence-electron chi connectivity index (χ3n) is 1.51. The minimum Gasteiger partial charge on any atom is -0.465 e. The molecule has 0 amide bonds. The summed E-state index contributed by atoms with van der Waals surface area (Å²) >= 11 is 0. The Kier molecular flexibility index (Phi) is 2.22. The second-order valence-electron chi connectivity index (χ2n) is 3.08. The van der Waals surface area contributed by atoms with Crippen LogP contribution in [0.4, 0.5) is 0 Å². The van der Waals surface area contributed by atoms with Crippen LogP contribution in [0.2, 0.25) is 0 Å². The average molecular weight is 168 g/mol. The van der Waals surface area contributed by atoms with Crippen LogP contribution < -0.4 is 0 Å². The normalized spacial score (nSPS) is 11.2. The van der Waals surface area contributed by atoms with Crippen molar-refractivity contribution in [3.63, 3.8) is 0 Å². The van der Waals surface area contributed by atoms with Gasteiger partial charge >= 0.3 is 5.97 Å². The summed E-state index contributed by atoms with van der Waals surface area (Å²) in [5.74, 6) is 0.342. The van der Waals surface area contributed by atoms with Crippen LogP contribution in [0.25, 0.3) is 0 Å². The van der Waals surface area contributed by atoms with Gasteiger partial charge in [0.25, 0.3) is 0 Å². The van der Waals surface area contributed by atoms with Gasteiger partial charge in [0.15, 0.2) is 5.60 Å². The van der Waals surface area contributed by atoms with E-state index in [2.05, 4.69) is 0 Å². The smallest absolute Gasteiger partial charge is 0.303 e. The highest BCUT2D eigenvalue weighted by Gasteiger charge is 2.26. The molecule has 0 saturated carbocycles. The van der Waals surface area contributed by atoms with Crippen LogP contribution in [0.3, 0.4) is 0 Å². The molecule has 3 nitrogen and oxygen atoms in total. The average Bonchev–Trinajstić information content (AvgIpc) is 2.32. The zero-order valence-corrected chi connectivity index (χ0v) is 7.46. The van der Waals surface area contributed by atoms with E-state index >= 15 is 0 Å². The molecule has 0 fully saturated rings. The van der Waals surface area contributed by atoms with Gasteiger partial charge in [-0.05, 0) is 26.0 Å². The molecule has 0 radical (unpaired) electrons. The lowest BCUT2D eigenvalue weighted by molar-refractivity contribution is -0.156. The van der Waals surface area contributed by atoms with Gasteiger partial charge in [-0.2, -0.15) is 0 Å². The summed E-state index contributed by atoms with van der Waals surface area (Å²) in [4.78, 5) is 10.7. The van der Waals surface area contributed by atoms with Gasteiger partial charge in [-0.15, -0.1) is 0 Å². The lowest BCUT2D eigenvalue weighted by Crippen LogP contribution is -2.23. The molecule has 0 bridgehead atoms. The maximum atomic E-state index is 10.7. The first-order valence-electron chi connectivity index (χ1n) is 3.76. The van der Waals surface area contributed by atoms with Crippen LogP contribution in [0, 0.1) is 0 Å². The number of esters is 1. The van der Waals surface area contributed by atoms with Gasteiger partial charge in [0, 0.05) is 6.92 Å². The molecule has 66 valence electrons. The Balaban J connectivity index is 2.79. The van der Waals surface area contributed by atoms with Crippen LogP contribution in [0.15, 0.2) is 22.8 Å². The highest BCUT2D eigenvalue weighted by Crippen LogP contribution is 2.24. The van der Waals surface area contributed by atoms with Gasteiger partial charge in [0.1, 0.15) is 5.76 Å². The van der Waals surface area contributed by atoms with E-state index in [-0.39, 0.29) is 5.97 Å². The van der Waals surface area contributed by atoms with E-state index in [1.807, 2.05) is 0 Å². The molecule has 1 heterocycles. The number of rotatable bonds is 2. The first kappa shape index (κ1) is 8.84. The lowest BCUT2D eigenvalue weighted by Gasteiger charge is -2.21. The predicted octanol–water partition coefficient (Wildman–Crippen LogP) is 2.08. The van der Waals surface area contributed by atoms with Crippen LogP contribution in [0.1, 0.15) is 26.5 Å². The molecule has 1 aromatic heterocycles. The molecule has 0 aliphatic carbocycles. The minimum absolute atomic E-state index is 0.309. The zero-order chi connectivity index (χ0) is 9.19. The molecule has 0 unspecified atom stereocenters. The molecular weight excluding hydrogens is 156 g/mol. The summed E-state index contributed by atoms with van der Waals surface area (Å²) in [5, 5.41) is 0. The van der Waals surface area contributed by atoms with Crippen molar-refractivity contribution in [1.29, 1.82) is 0 Å². The van der Waals surface area contributed by atoms with Gasteiger partial charge < -0.3 is 9.15 Å². The van der Waals surface area contributed by atoms with Crippen molar-refractivity contribution in [3.8, 4) is 0 Å². The van der Waals surface area contributed by atoms with Gasteiger partial charge in [-0.25, -0.2) is 0 Å². The summed E-state index contributed by atoms with van der Waals surface area (Å²) in [6.07, 6.45) is 1.56. The van der Waals surface area contributed by atoms with E-state index in [0.717, 1.165) is 0 Å². The summed E-state index contributed by atoms with van der Waals surface area (Å²) < 4.78 is 10.2. The van der Waals surface area contributed by atoms with Gasteiger partial charge in [0.2, 0.25) is 0 Å². The summed E-state index contributed by atoms with van der Waals surface area (Å²) in [6.45, 7) is 4.95. The van der Waals surface area contributed by atoms with Crippen LogP contribution in [0.5, 0.6) is 0 Å². The quantitative estimate of drug-likeness (QED) is 0.634. The van der Waals surface area contributed by atoms with E-state index in [9.17, 15) is 4.79 Å². The van der Waals surface area contributed by atoms with Crippen molar-refractivity contribution in [3.05, 3.63) is 24.2 Å². The fourth-order valence-electron chi connectivity index (χ4n) is 1.03. The molecule has 0 spiro atoms. The fourth-order valence-corrected chi connectivity index (χ4v) is 1.03. The second-order valence-corrected chi connectivity index (χ2v) is 3.08. The summed E-state index contributed by atoms with van der Waals surface area (Å²) in [5.41, 5.74) is -0.671. The van der Waals surface area contributed by atoms with Crippen molar-refractivity contribution in [2.45, 2.75) is 26.4 Å². The number of hydrogen-bond donors (Lipinski definition) is 0. The van der Waals surface area contributed by atoms with E-state index in [1.54, 1.807) is 32.2 Å². The first-order chi connectivity index (χ1) is 5.52. The molecule has 3 heteroatoms. The zero-order valence-electron chi connectivity index (χ0n) is 7.46. The predicted molar refractivity (Wildman–Crippen MR) is 43.5 cm³/mol. The van der Waals surface area contributed by atoms with E-state index in [4.69, 9.17) is 9.15 Å². The molecular formula is C9H12O3. The Morgan fingerprint density at radius 2 is 2.25 bits per heavy atom. The highest BCUT2D eigenvalue weighted by atomic mass is 16.6. The lowest BCUT2D eigenvalue weighted by atomic mass is 10.1. The maximum absolute atomic E-state index is 10.7. The van der Waals surface area contributed by atoms with Crippen molar-refractivity contribution >= 4 is 5.97 Å². The van der Waals surface area contributed by atoms with Crippen LogP contribution in [-0.2, 0) is 15.1 Å². The Bertz CT molecular complexity index is 259. The molecule has 0 aromatic carbocycles. The minimum atomic E-state index is -0.671. The third-order valence-corrected chi connectivity index (χ3v) is 1.51. The highest BCUT2D eigenvalue weighted by molar-refractivity contribution is 5.66. The topological polar surface area (TPSA) is 39.4 Å². The third kappa shape index (κ3) is 1.87. The van der Waals surface area contributed by atoms with Crippen LogP contribution in [-0.4, -0.2) is 5.97 Å². The fraction of sp³-hybridized carbons (Fsp3) is 0.444. The molecule has 0 aliphatic heterocycles. The standard InChI is InChI=1S/C9H12O3/c1-7(10)12-9(2,3)8-5-4-6-11-8/h4-6H,1-3H3. The Morgan fingerprint density at radius 3 is 2.67 bits per heavy atom.